The van der Waals surface area contributed by atoms with Gasteiger partial charge in [-0.15, -0.1) is 12.4 Å². The third-order valence-corrected chi connectivity index (χ3v) is 4.68. The molecule has 2 heterocycles. The van der Waals surface area contributed by atoms with Crippen molar-refractivity contribution in [1.29, 1.82) is 0 Å². The number of nitrogens with zero attached hydrogens (tertiary/aromatic N) is 3. The monoisotopic (exact) mass is 427 g/mol. The normalized spacial score (nSPS) is 12.0. The second kappa shape index (κ2) is 8.59. The van der Waals surface area contributed by atoms with Gasteiger partial charge in [0.25, 0.3) is 0 Å². The Bertz CT molecular complexity index is 1170. The van der Waals surface area contributed by atoms with E-state index in [1.165, 1.54) is 19.9 Å². The van der Waals surface area contributed by atoms with Crippen molar-refractivity contribution in [2.24, 2.45) is 4.99 Å². The molecule has 6 nitrogen and oxygen atoms in total. The highest BCUT2D eigenvalue weighted by Crippen LogP contribution is 2.27. The predicted octanol–water partition coefficient (Wildman–Crippen LogP) is 4.05. The molecule has 4 rings (SSSR count). The number of Topliss-reactive ketones (excluding diaryl/α,β-unsaturated/α-hetero) is 1. The van der Waals surface area contributed by atoms with E-state index in [1.54, 1.807) is 42.6 Å². The van der Waals surface area contributed by atoms with Crippen LogP contribution in [0.3, 0.4) is 0 Å². The van der Waals surface area contributed by atoms with Gasteiger partial charge in [0.2, 0.25) is 0 Å². The molecule has 1 aromatic heterocycles. The number of ether oxygens (including phenoxy) is 1. The van der Waals surface area contributed by atoms with Crippen LogP contribution in [-0.2, 0) is 22.7 Å². The molecule has 2 aromatic carbocycles. The number of aromatic nitrogens is 2. The van der Waals surface area contributed by atoms with E-state index in [4.69, 9.17) is 4.74 Å². The fourth-order valence-corrected chi connectivity index (χ4v) is 3.31. The number of halogens is 2. The van der Waals surface area contributed by atoms with Gasteiger partial charge in [-0.2, -0.15) is 0 Å². The summed E-state index contributed by atoms with van der Waals surface area (Å²) in [4.78, 5) is 32.2. The number of carbonyl (C=O) groups is 2. The number of benzene rings is 2. The largest absolute Gasteiger partial charge is 0.459 e. The summed E-state index contributed by atoms with van der Waals surface area (Å²) in [6.07, 6.45) is 1.77. The first-order chi connectivity index (χ1) is 13.9. The molecule has 1 aliphatic rings. The average Bonchev–Trinajstić information content (AvgIpc) is 3.04. The Balaban J connectivity index is 0.00000256. The summed E-state index contributed by atoms with van der Waals surface area (Å²) < 4.78 is 21.4. The van der Waals surface area contributed by atoms with Crippen LogP contribution < -0.4 is 0 Å². The molecule has 0 saturated carbocycles. The van der Waals surface area contributed by atoms with Crippen LogP contribution in [0, 0.1) is 5.82 Å². The van der Waals surface area contributed by atoms with E-state index in [2.05, 4.69) is 9.98 Å². The fourth-order valence-electron chi connectivity index (χ4n) is 3.31. The second-order valence-corrected chi connectivity index (χ2v) is 6.73. The van der Waals surface area contributed by atoms with Gasteiger partial charge in [-0.05, 0) is 37.3 Å². The van der Waals surface area contributed by atoms with Crippen molar-refractivity contribution in [3.05, 3.63) is 82.7 Å². The van der Waals surface area contributed by atoms with E-state index in [1.807, 2.05) is 4.57 Å². The smallest absolute Gasteiger partial charge is 0.303 e. The molecule has 3 aromatic rings. The van der Waals surface area contributed by atoms with E-state index in [0.29, 0.717) is 33.9 Å². The molecular formula is C22H19ClFN3O3. The van der Waals surface area contributed by atoms with Crippen molar-refractivity contribution in [3.8, 4) is 5.69 Å². The Labute approximate surface area is 178 Å². The van der Waals surface area contributed by atoms with Crippen molar-refractivity contribution < 1.29 is 18.7 Å². The van der Waals surface area contributed by atoms with Crippen molar-refractivity contribution in [1.82, 2.24) is 9.55 Å². The molecule has 8 heteroatoms. The lowest BCUT2D eigenvalue weighted by molar-refractivity contribution is -0.142. The maximum absolute atomic E-state index is 14.5. The summed E-state index contributed by atoms with van der Waals surface area (Å²) in [7, 11) is 0. The lowest BCUT2D eigenvalue weighted by Gasteiger charge is -2.13. The number of imidazole rings is 1. The quantitative estimate of drug-likeness (QED) is 0.465. The van der Waals surface area contributed by atoms with Gasteiger partial charge in [0.05, 0.1) is 23.6 Å². The summed E-state index contributed by atoms with van der Waals surface area (Å²) in [5, 5.41) is 0. The molecular weight excluding hydrogens is 409 g/mol. The number of hydrogen-bond donors (Lipinski definition) is 0. The first-order valence-corrected chi connectivity index (χ1v) is 9.09. The Morgan fingerprint density at radius 1 is 1.13 bits per heavy atom. The van der Waals surface area contributed by atoms with Crippen LogP contribution in [0.5, 0.6) is 0 Å². The highest BCUT2D eigenvalue weighted by Gasteiger charge is 2.23. The zero-order chi connectivity index (χ0) is 20.5. The van der Waals surface area contributed by atoms with Crippen LogP contribution in [0.2, 0.25) is 0 Å². The molecule has 0 unspecified atom stereocenters. The first-order valence-electron chi connectivity index (χ1n) is 9.09. The maximum Gasteiger partial charge on any atom is 0.303 e. The van der Waals surface area contributed by atoms with Crippen molar-refractivity contribution in [3.63, 3.8) is 0 Å². The highest BCUT2D eigenvalue weighted by molar-refractivity contribution is 6.16. The number of hydrogen-bond acceptors (Lipinski definition) is 5. The van der Waals surface area contributed by atoms with Crippen molar-refractivity contribution in [2.75, 3.05) is 0 Å². The van der Waals surface area contributed by atoms with E-state index in [9.17, 15) is 14.0 Å². The van der Waals surface area contributed by atoms with E-state index in [0.717, 1.165) is 5.69 Å². The van der Waals surface area contributed by atoms with Crippen LogP contribution in [0.25, 0.3) is 5.69 Å². The topological polar surface area (TPSA) is 73.6 Å². The van der Waals surface area contributed by atoms with Crippen LogP contribution in [-0.4, -0.2) is 27.0 Å². The average molecular weight is 428 g/mol. The van der Waals surface area contributed by atoms with Gasteiger partial charge in [-0.1, -0.05) is 12.1 Å². The Morgan fingerprint density at radius 2 is 1.90 bits per heavy atom. The minimum atomic E-state index is -0.389. The molecule has 30 heavy (non-hydrogen) atoms. The molecule has 0 radical (unpaired) electrons. The molecule has 0 aliphatic carbocycles. The molecule has 0 fully saturated rings. The lowest BCUT2D eigenvalue weighted by atomic mass is 9.97. The third-order valence-electron chi connectivity index (χ3n) is 4.68. The zero-order valence-corrected chi connectivity index (χ0v) is 17.2. The minimum absolute atomic E-state index is 0. The van der Waals surface area contributed by atoms with Crippen LogP contribution in [0.4, 0.5) is 4.39 Å². The van der Waals surface area contributed by atoms with E-state index < -0.39 is 0 Å². The van der Waals surface area contributed by atoms with E-state index in [-0.39, 0.29) is 43.1 Å². The predicted molar refractivity (Wildman–Crippen MR) is 112 cm³/mol. The van der Waals surface area contributed by atoms with Crippen molar-refractivity contribution in [2.45, 2.75) is 27.0 Å². The van der Waals surface area contributed by atoms with Crippen LogP contribution in [0.1, 0.15) is 46.9 Å². The fraction of sp³-hybridized carbons (Fsp3) is 0.182. The SMILES string of the molecule is CC(=O)OCc1cn2c(n1)CN=C(c1ccccc1F)c1cc(C(C)=O)ccc1-2.Cl. The third kappa shape index (κ3) is 4.02. The van der Waals surface area contributed by atoms with Gasteiger partial charge >= 0.3 is 5.97 Å². The van der Waals surface area contributed by atoms with Crippen LogP contribution in [0.15, 0.2) is 53.7 Å². The zero-order valence-electron chi connectivity index (χ0n) is 16.4. The highest BCUT2D eigenvalue weighted by atomic mass is 35.5. The molecule has 1 aliphatic heterocycles. The number of fused-ring (bicyclic) bond motifs is 3. The first kappa shape index (κ1) is 21.4. The Morgan fingerprint density at radius 3 is 2.60 bits per heavy atom. The summed E-state index contributed by atoms with van der Waals surface area (Å²) in [5.41, 5.74) is 3.29. The second-order valence-electron chi connectivity index (χ2n) is 6.73. The Hall–Kier alpha value is -3.32. The molecule has 0 bridgehead atoms. The summed E-state index contributed by atoms with van der Waals surface area (Å²) >= 11 is 0. The summed E-state index contributed by atoms with van der Waals surface area (Å²) in [5.74, 6) is -0.235. The van der Waals surface area contributed by atoms with Gasteiger partial charge < -0.3 is 9.30 Å². The number of esters is 1. The number of rotatable bonds is 4. The van der Waals surface area contributed by atoms with Crippen LogP contribution >= 0.6 is 12.4 Å². The van der Waals surface area contributed by atoms with Gasteiger partial charge in [0, 0.05) is 29.8 Å². The molecule has 0 atom stereocenters. The van der Waals surface area contributed by atoms with Gasteiger partial charge in [-0.25, -0.2) is 9.37 Å². The molecule has 0 spiro atoms. The summed E-state index contributed by atoms with van der Waals surface area (Å²) in [6, 6.07) is 11.7. The molecule has 154 valence electrons. The van der Waals surface area contributed by atoms with Gasteiger partial charge in [0.15, 0.2) is 5.78 Å². The summed E-state index contributed by atoms with van der Waals surface area (Å²) in [6.45, 7) is 3.09. The van der Waals surface area contributed by atoms with Crippen molar-refractivity contribution >= 4 is 29.9 Å². The Kier molecular flexibility index (Phi) is 6.12. The number of ketones is 1. The maximum atomic E-state index is 14.5. The van der Waals surface area contributed by atoms with E-state index >= 15 is 0 Å². The van der Waals surface area contributed by atoms with Gasteiger partial charge in [0.1, 0.15) is 18.2 Å². The molecule has 0 amide bonds. The standard InChI is InChI=1S/C22H18FN3O3.ClH/c1-13(27)15-7-8-20-18(9-15)22(17-5-3-4-6-19(17)23)24-10-21-25-16(11-26(20)21)12-29-14(2)28;/h3-9,11H,10,12H2,1-2H3;1H. The van der Waals surface area contributed by atoms with Gasteiger partial charge in [-0.3, -0.25) is 14.6 Å². The number of aliphatic imine (C=N–C) groups is 1. The molecule has 0 saturated heterocycles. The number of carbonyl (C=O) groups excluding carboxylic acids is 2. The molecule has 0 N–H and O–H groups in total. The minimum Gasteiger partial charge on any atom is -0.459 e. The lowest BCUT2D eigenvalue weighted by Crippen LogP contribution is -2.10.